The van der Waals surface area contributed by atoms with Gasteiger partial charge in [0.25, 0.3) is 0 Å². The second-order valence-electron chi connectivity index (χ2n) is 6.90. The fraction of sp³-hybridized carbons (Fsp3) is 0.250. The third-order valence-electron chi connectivity index (χ3n) is 4.50. The lowest BCUT2D eigenvalue weighted by atomic mass is 10.1. The van der Waals surface area contributed by atoms with Crippen molar-refractivity contribution in [1.29, 1.82) is 0 Å². The Morgan fingerprint density at radius 3 is 2.47 bits per heavy atom. The molecule has 1 aromatic heterocycles. The predicted molar refractivity (Wildman–Crippen MR) is 118 cm³/mol. The van der Waals surface area contributed by atoms with Crippen LogP contribution in [-0.4, -0.2) is 24.2 Å². The SMILES string of the molecule is CCOC(=O)COc1ccc(SCc2cccc(-c3ccc(C(F)(F)F)cc3)n2)cc1C. The highest BCUT2D eigenvalue weighted by molar-refractivity contribution is 7.98. The van der Waals surface area contributed by atoms with Crippen LogP contribution in [0, 0.1) is 6.92 Å². The van der Waals surface area contributed by atoms with Gasteiger partial charge in [0.15, 0.2) is 6.61 Å². The number of halogens is 3. The number of pyridine rings is 1. The summed E-state index contributed by atoms with van der Waals surface area (Å²) in [5.41, 5.74) is 2.27. The number of hydrogen-bond donors (Lipinski definition) is 0. The zero-order valence-electron chi connectivity index (χ0n) is 17.6. The van der Waals surface area contributed by atoms with Crippen LogP contribution in [-0.2, 0) is 21.5 Å². The molecule has 0 bridgehead atoms. The van der Waals surface area contributed by atoms with Gasteiger partial charge in [-0.3, -0.25) is 4.98 Å². The molecule has 32 heavy (non-hydrogen) atoms. The molecule has 1 heterocycles. The molecule has 0 saturated heterocycles. The van der Waals surface area contributed by atoms with Crippen molar-refractivity contribution in [3.05, 3.63) is 77.5 Å². The van der Waals surface area contributed by atoms with Crippen molar-refractivity contribution in [2.75, 3.05) is 13.2 Å². The van der Waals surface area contributed by atoms with Crippen LogP contribution in [0.1, 0.15) is 23.7 Å². The van der Waals surface area contributed by atoms with Gasteiger partial charge in [-0.05, 0) is 61.9 Å². The second kappa shape index (κ2) is 10.5. The van der Waals surface area contributed by atoms with Crippen LogP contribution in [0.4, 0.5) is 13.2 Å². The van der Waals surface area contributed by atoms with E-state index in [9.17, 15) is 18.0 Å². The summed E-state index contributed by atoms with van der Waals surface area (Å²) in [7, 11) is 0. The molecule has 0 fully saturated rings. The largest absolute Gasteiger partial charge is 0.482 e. The van der Waals surface area contributed by atoms with Gasteiger partial charge in [0.05, 0.1) is 23.6 Å². The molecule has 0 aliphatic heterocycles. The molecule has 0 radical (unpaired) electrons. The molecule has 0 aliphatic carbocycles. The third kappa shape index (κ3) is 6.50. The van der Waals surface area contributed by atoms with Crippen LogP contribution < -0.4 is 4.74 Å². The first-order chi connectivity index (χ1) is 15.3. The normalized spacial score (nSPS) is 11.3. The predicted octanol–water partition coefficient (Wildman–Crippen LogP) is 6.31. The van der Waals surface area contributed by atoms with E-state index in [0.717, 1.165) is 28.3 Å². The number of carbonyl (C=O) groups excluding carboxylic acids is 1. The Labute approximate surface area is 188 Å². The zero-order chi connectivity index (χ0) is 23.1. The molecule has 0 N–H and O–H groups in total. The second-order valence-corrected chi connectivity index (χ2v) is 7.95. The average Bonchev–Trinajstić information content (AvgIpc) is 2.77. The lowest BCUT2D eigenvalue weighted by molar-refractivity contribution is -0.145. The monoisotopic (exact) mass is 461 g/mol. The smallest absolute Gasteiger partial charge is 0.416 e. The minimum absolute atomic E-state index is 0.137. The van der Waals surface area contributed by atoms with Gasteiger partial charge < -0.3 is 9.47 Å². The number of thioether (sulfide) groups is 1. The van der Waals surface area contributed by atoms with Gasteiger partial charge >= 0.3 is 12.1 Å². The Morgan fingerprint density at radius 2 is 1.81 bits per heavy atom. The zero-order valence-corrected chi connectivity index (χ0v) is 18.4. The first-order valence-corrected chi connectivity index (χ1v) is 10.9. The Balaban J connectivity index is 1.63. The summed E-state index contributed by atoms with van der Waals surface area (Å²) in [4.78, 5) is 17.0. The van der Waals surface area contributed by atoms with E-state index in [1.807, 2.05) is 37.3 Å². The molecule has 3 rings (SSSR count). The highest BCUT2D eigenvalue weighted by Gasteiger charge is 2.30. The Hall–Kier alpha value is -3.00. The molecule has 0 saturated carbocycles. The Bertz CT molecular complexity index is 1070. The molecule has 168 valence electrons. The van der Waals surface area contributed by atoms with Crippen LogP contribution in [0.3, 0.4) is 0 Å². The number of rotatable bonds is 8. The van der Waals surface area contributed by atoms with Crippen molar-refractivity contribution in [1.82, 2.24) is 4.98 Å². The number of esters is 1. The Morgan fingerprint density at radius 1 is 1.06 bits per heavy atom. The number of nitrogens with zero attached hydrogens (tertiary/aromatic N) is 1. The maximum absolute atomic E-state index is 12.8. The topological polar surface area (TPSA) is 48.4 Å². The maximum Gasteiger partial charge on any atom is 0.416 e. The van der Waals surface area contributed by atoms with Gasteiger partial charge in [-0.1, -0.05) is 18.2 Å². The fourth-order valence-electron chi connectivity index (χ4n) is 2.92. The quantitative estimate of drug-likeness (QED) is 0.291. The summed E-state index contributed by atoms with van der Waals surface area (Å²) >= 11 is 1.58. The van der Waals surface area contributed by atoms with Gasteiger partial charge in [0.2, 0.25) is 0 Å². The van der Waals surface area contributed by atoms with Gasteiger partial charge in [0.1, 0.15) is 5.75 Å². The number of aryl methyl sites for hydroxylation is 1. The van der Waals surface area contributed by atoms with Crippen LogP contribution in [0.2, 0.25) is 0 Å². The molecule has 3 aromatic rings. The number of aromatic nitrogens is 1. The molecule has 2 aromatic carbocycles. The van der Waals surface area contributed by atoms with Crippen molar-refractivity contribution in [3.63, 3.8) is 0 Å². The molecule has 0 amide bonds. The molecule has 0 aliphatic rings. The van der Waals surface area contributed by atoms with E-state index in [2.05, 4.69) is 4.98 Å². The first kappa shape index (κ1) is 23.7. The van der Waals surface area contributed by atoms with Crippen LogP contribution in [0.5, 0.6) is 5.75 Å². The van der Waals surface area contributed by atoms with Crippen LogP contribution in [0.25, 0.3) is 11.3 Å². The number of hydrogen-bond acceptors (Lipinski definition) is 5. The third-order valence-corrected chi connectivity index (χ3v) is 5.53. The summed E-state index contributed by atoms with van der Waals surface area (Å²) in [6, 6.07) is 16.2. The van der Waals surface area contributed by atoms with E-state index in [1.165, 1.54) is 12.1 Å². The van der Waals surface area contributed by atoms with E-state index in [0.29, 0.717) is 29.4 Å². The van der Waals surface area contributed by atoms with Crippen molar-refractivity contribution >= 4 is 17.7 Å². The van der Waals surface area contributed by atoms with Crippen molar-refractivity contribution in [3.8, 4) is 17.0 Å². The van der Waals surface area contributed by atoms with E-state index in [4.69, 9.17) is 9.47 Å². The molecular formula is C24H22F3NO3S. The van der Waals surface area contributed by atoms with E-state index in [1.54, 1.807) is 24.8 Å². The summed E-state index contributed by atoms with van der Waals surface area (Å²) in [6.45, 7) is 3.81. The highest BCUT2D eigenvalue weighted by atomic mass is 32.2. The number of benzene rings is 2. The standard InChI is InChI=1S/C24H22F3NO3S/c1-3-30-23(29)14-31-22-12-11-20(13-16(22)2)32-15-19-5-4-6-21(28-19)17-7-9-18(10-8-17)24(25,26)27/h4-13H,3,14-15H2,1-2H3. The van der Waals surface area contributed by atoms with E-state index in [-0.39, 0.29) is 6.61 Å². The van der Waals surface area contributed by atoms with E-state index < -0.39 is 17.7 Å². The fourth-order valence-corrected chi connectivity index (χ4v) is 3.82. The van der Waals surface area contributed by atoms with E-state index >= 15 is 0 Å². The average molecular weight is 462 g/mol. The number of carbonyl (C=O) groups is 1. The van der Waals surface area contributed by atoms with Crippen LogP contribution in [0.15, 0.2) is 65.6 Å². The van der Waals surface area contributed by atoms with Crippen molar-refractivity contribution < 1.29 is 27.4 Å². The van der Waals surface area contributed by atoms with Gasteiger partial charge in [0, 0.05) is 16.2 Å². The minimum atomic E-state index is -4.36. The summed E-state index contributed by atoms with van der Waals surface area (Å²) in [6.07, 6.45) is -4.36. The van der Waals surface area contributed by atoms with Gasteiger partial charge in [-0.15, -0.1) is 11.8 Å². The summed E-state index contributed by atoms with van der Waals surface area (Å²) in [5, 5.41) is 0. The molecule has 8 heteroatoms. The summed E-state index contributed by atoms with van der Waals surface area (Å²) < 4.78 is 48.6. The number of alkyl halides is 3. The number of ether oxygens (including phenoxy) is 2. The first-order valence-electron chi connectivity index (χ1n) is 9.91. The highest BCUT2D eigenvalue weighted by Crippen LogP contribution is 2.31. The molecular weight excluding hydrogens is 439 g/mol. The Kier molecular flexibility index (Phi) is 7.80. The molecule has 4 nitrogen and oxygen atoms in total. The van der Waals surface area contributed by atoms with Gasteiger partial charge in [-0.25, -0.2) is 4.79 Å². The molecule has 0 spiro atoms. The van der Waals surface area contributed by atoms with Gasteiger partial charge in [-0.2, -0.15) is 13.2 Å². The lowest BCUT2D eigenvalue weighted by Gasteiger charge is -2.10. The van der Waals surface area contributed by atoms with Crippen LogP contribution >= 0.6 is 11.8 Å². The maximum atomic E-state index is 12.8. The molecule has 0 unspecified atom stereocenters. The van der Waals surface area contributed by atoms with Crippen molar-refractivity contribution in [2.45, 2.75) is 30.7 Å². The summed E-state index contributed by atoms with van der Waals surface area (Å²) in [5.74, 6) is 0.797. The van der Waals surface area contributed by atoms with Crippen molar-refractivity contribution in [2.24, 2.45) is 0 Å². The minimum Gasteiger partial charge on any atom is -0.482 e. The lowest BCUT2D eigenvalue weighted by Crippen LogP contribution is -2.14. The molecule has 0 atom stereocenters.